The molecule has 0 bridgehead atoms. The third kappa shape index (κ3) is 9.01. The maximum absolute atomic E-state index is 12.4. The van der Waals surface area contributed by atoms with E-state index in [9.17, 15) is 23.1 Å². The predicted octanol–water partition coefficient (Wildman–Crippen LogP) is 4.82. The third-order valence-corrected chi connectivity index (χ3v) is 4.25. The van der Waals surface area contributed by atoms with Crippen molar-refractivity contribution in [3.05, 3.63) is 59.2 Å². The van der Waals surface area contributed by atoms with E-state index >= 15 is 0 Å². The molecule has 0 aromatic heterocycles. The van der Waals surface area contributed by atoms with Gasteiger partial charge >= 0.3 is 12.5 Å². The van der Waals surface area contributed by atoms with Crippen molar-refractivity contribution in [3.8, 4) is 5.75 Å². The Balaban J connectivity index is 2.03. The van der Waals surface area contributed by atoms with Crippen LogP contribution < -0.4 is 15.4 Å². The predicted molar refractivity (Wildman–Crippen MR) is 119 cm³/mol. The van der Waals surface area contributed by atoms with Gasteiger partial charge in [-0.2, -0.15) is 0 Å². The molecular weight excluding hydrogens is 439 g/mol. The molecule has 0 radical (unpaired) electrons. The van der Waals surface area contributed by atoms with Gasteiger partial charge in [0.15, 0.2) is 0 Å². The number of benzene rings is 2. The number of carbonyl (C=O) groups excluding carboxylic acids is 1. The lowest BCUT2D eigenvalue weighted by Gasteiger charge is -2.19. The highest BCUT2D eigenvalue weighted by Crippen LogP contribution is 2.25. The molecule has 2 aromatic rings. The zero-order valence-corrected chi connectivity index (χ0v) is 18.7. The lowest BCUT2D eigenvalue weighted by molar-refractivity contribution is -0.274. The fraction of sp³-hybridized carbons (Fsp3) is 0.391. The smallest absolute Gasteiger partial charge is 0.444 e. The summed E-state index contributed by atoms with van der Waals surface area (Å²) in [4.78, 5) is 11.7. The largest absolute Gasteiger partial charge is 0.573 e. The topological polar surface area (TPSA) is 104 Å². The van der Waals surface area contributed by atoms with Gasteiger partial charge in [-0.25, -0.2) is 4.79 Å². The van der Waals surface area contributed by atoms with Gasteiger partial charge in [0.05, 0.1) is 12.3 Å². The monoisotopic (exact) mass is 467 g/mol. The number of hydrogen-bond donors (Lipinski definition) is 4. The Hall–Kier alpha value is -3.27. The molecule has 0 aliphatic carbocycles. The van der Waals surface area contributed by atoms with Gasteiger partial charge in [0, 0.05) is 29.9 Å². The van der Waals surface area contributed by atoms with Crippen molar-refractivity contribution in [1.82, 2.24) is 5.32 Å². The first-order valence-electron chi connectivity index (χ1n) is 10.3. The van der Waals surface area contributed by atoms with Crippen molar-refractivity contribution in [1.29, 1.82) is 5.41 Å². The molecule has 0 atom stereocenters. The summed E-state index contributed by atoms with van der Waals surface area (Å²) in [5.41, 5.74) is 1.55. The molecule has 0 saturated carbocycles. The summed E-state index contributed by atoms with van der Waals surface area (Å²) in [5, 5.41) is 23.8. The number of rotatable bonds is 9. The van der Waals surface area contributed by atoms with Gasteiger partial charge in [0.2, 0.25) is 0 Å². The second kappa shape index (κ2) is 11.0. The first-order chi connectivity index (χ1) is 15.4. The zero-order chi connectivity index (χ0) is 24.6. The number of anilines is 1. The fourth-order valence-electron chi connectivity index (χ4n) is 2.85. The van der Waals surface area contributed by atoms with Crippen LogP contribution >= 0.6 is 0 Å². The molecule has 0 heterocycles. The molecule has 33 heavy (non-hydrogen) atoms. The van der Waals surface area contributed by atoms with Gasteiger partial charge in [-0.1, -0.05) is 6.07 Å². The third-order valence-electron chi connectivity index (χ3n) is 4.25. The highest BCUT2D eigenvalue weighted by atomic mass is 19.4. The lowest BCUT2D eigenvalue weighted by Crippen LogP contribution is -2.33. The lowest BCUT2D eigenvalue weighted by atomic mass is 9.98. The van der Waals surface area contributed by atoms with Crippen molar-refractivity contribution in [2.75, 3.05) is 18.4 Å². The van der Waals surface area contributed by atoms with Crippen LogP contribution in [0.15, 0.2) is 42.5 Å². The molecule has 0 aliphatic rings. The molecule has 2 rings (SSSR count). The highest BCUT2D eigenvalue weighted by molar-refractivity contribution is 6.14. The Bertz CT molecular complexity index is 955. The first kappa shape index (κ1) is 26.0. The van der Waals surface area contributed by atoms with Crippen LogP contribution in [-0.4, -0.2) is 42.0 Å². The van der Waals surface area contributed by atoms with Crippen molar-refractivity contribution >= 4 is 17.5 Å². The average molecular weight is 467 g/mol. The number of ether oxygens (including phenoxy) is 2. The molecule has 1 amide bonds. The van der Waals surface area contributed by atoms with Gasteiger partial charge < -0.3 is 25.2 Å². The number of carbonyl (C=O) groups is 1. The number of hydrogen-bond acceptors (Lipinski definition) is 6. The molecule has 2 aromatic carbocycles. The summed E-state index contributed by atoms with van der Waals surface area (Å²) in [5.74, 6) is -0.376. The maximum atomic E-state index is 12.4. The van der Waals surface area contributed by atoms with Crippen LogP contribution in [0.4, 0.5) is 23.7 Å². The minimum atomic E-state index is -4.79. The average Bonchev–Trinajstić information content (AvgIpc) is 2.71. The normalized spacial score (nSPS) is 11.6. The second-order valence-electron chi connectivity index (χ2n) is 8.19. The Morgan fingerprint density at radius 2 is 1.73 bits per heavy atom. The second-order valence-corrected chi connectivity index (χ2v) is 8.19. The van der Waals surface area contributed by atoms with Crippen LogP contribution in [0.1, 0.15) is 43.9 Å². The van der Waals surface area contributed by atoms with Crippen LogP contribution in [0, 0.1) is 5.41 Å². The Labute approximate surface area is 190 Å². The van der Waals surface area contributed by atoms with Gasteiger partial charge in [0.1, 0.15) is 11.4 Å². The van der Waals surface area contributed by atoms with E-state index in [1.807, 2.05) is 0 Å². The summed E-state index contributed by atoms with van der Waals surface area (Å²) in [6.07, 6.45) is -4.72. The van der Waals surface area contributed by atoms with Crippen LogP contribution in [-0.2, 0) is 11.3 Å². The number of aliphatic hydroxyl groups is 1. The number of aliphatic hydroxyl groups excluding tert-OH is 1. The van der Waals surface area contributed by atoms with E-state index in [1.54, 1.807) is 39.0 Å². The van der Waals surface area contributed by atoms with E-state index in [4.69, 9.17) is 10.1 Å². The summed E-state index contributed by atoms with van der Waals surface area (Å²) in [6, 6.07) is 10.1. The van der Waals surface area contributed by atoms with Crippen molar-refractivity contribution in [2.45, 2.75) is 45.8 Å². The Morgan fingerprint density at radius 1 is 1.06 bits per heavy atom. The van der Waals surface area contributed by atoms with Gasteiger partial charge in [0.25, 0.3) is 0 Å². The SMILES string of the molecule is CC(C)(C)OC(=O)NCCCNc1ccc(CO)cc1C(=N)c1ccc(OC(F)(F)F)cc1. The number of alkyl halides is 3. The Kier molecular flexibility index (Phi) is 8.69. The van der Waals surface area contributed by atoms with Crippen LogP contribution in [0.2, 0.25) is 0 Å². The molecule has 0 fully saturated rings. The van der Waals surface area contributed by atoms with Crippen LogP contribution in [0.25, 0.3) is 0 Å². The van der Waals surface area contributed by atoms with Gasteiger partial charge in [-0.3, -0.25) is 5.41 Å². The van der Waals surface area contributed by atoms with Crippen LogP contribution in [0.5, 0.6) is 5.75 Å². The molecule has 7 nitrogen and oxygen atoms in total. The van der Waals surface area contributed by atoms with Crippen molar-refractivity contribution in [3.63, 3.8) is 0 Å². The summed E-state index contributed by atoms with van der Waals surface area (Å²) in [6.45, 7) is 5.96. The van der Waals surface area contributed by atoms with Crippen molar-refractivity contribution < 1.29 is 32.5 Å². The fourth-order valence-corrected chi connectivity index (χ4v) is 2.85. The molecule has 180 valence electrons. The van der Waals surface area contributed by atoms with E-state index in [1.165, 1.54) is 12.1 Å². The maximum Gasteiger partial charge on any atom is 0.573 e. The highest BCUT2D eigenvalue weighted by Gasteiger charge is 2.31. The van der Waals surface area contributed by atoms with E-state index in [-0.39, 0.29) is 18.1 Å². The molecular formula is C23H28F3N3O4. The zero-order valence-electron chi connectivity index (χ0n) is 18.7. The molecule has 0 saturated heterocycles. The van der Waals surface area contributed by atoms with Gasteiger partial charge in [-0.15, -0.1) is 13.2 Å². The first-order valence-corrected chi connectivity index (χ1v) is 10.3. The Morgan fingerprint density at radius 3 is 2.30 bits per heavy atom. The minimum Gasteiger partial charge on any atom is -0.444 e. The molecule has 0 aliphatic heterocycles. The number of halogens is 3. The van der Waals surface area contributed by atoms with Crippen LogP contribution in [0.3, 0.4) is 0 Å². The summed E-state index contributed by atoms with van der Waals surface area (Å²) < 4.78 is 46.1. The quantitative estimate of drug-likeness (QED) is 0.313. The minimum absolute atomic E-state index is 0.0678. The molecule has 10 heteroatoms. The molecule has 4 N–H and O–H groups in total. The molecule has 0 unspecified atom stereocenters. The van der Waals surface area contributed by atoms with E-state index in [2.05, 4.69) is 15.4 Å². The van der Waals surface area contributed by atoms with Crippen molar-refractivity contribution in [2.24, 2.45) is 0 Å². The number of amides is 1. The van der Waals surface area contributed by atoms with E-state index in [0.717, 1.165) is 12.1 Å². The summed E-state index contributed by atoms with van der Waals surface area (Å²) >= 11 is 0. The van der Waals surface area contributed by atoms with E-state index < -0.39 is 18.1 Å². The standard InChI is InChI=1S/C23H28F3N3O4/c1-22(2,3)33-21(31)29-12-4-11-28-19-10-5-15(14-30)13-18(19)20(27)16-6-8-17(9-7-16)32-23(24,25)26/h5-10,13,27-28,30H,4,11-12,14H2,1-3H3,(H,29,31). The van der Waals surface area contributed by atoms with Gasteiger partial charge in [-0.05, 0) is 69.2 Å². The summed E-state index contributed by atoms with van der Waals surface area (Å²) in [7, 11) is 0. The van der Waals surface area contributed by atoms with E-state index in [0.29, 0.717) is 41.9 Å². The number of alkyl carbamates (subject to hydrolysis) is 1. The number of nitrogens with one attached hydrogen (secondary N) is 3. The molecule has 0 spiro atoms.